The highest BCUT2D eigenvalue weighted by Gasteiger charge is 2.61. The van der Waals surface area contributed by atoms with E-state index in [2.05, 4.69) is 13.5 Å². The third-order valence-corrected chi connectivity index (χ3v) is 7.02. The minimum absolute atomic E-state index is 0.0830. The summed E-state index contributed by atoms with van der Waals surface area (Å²) in [5.41, 5.74) is 1.01. The second kappa shape index (κ2) is 8.95. The molecule has 0 unspecified atom stereocenters. The van der Waals surface area contributed by atoms with Gasteiger partial charge >= 0.3 is 12.1 Å². The fourth-order valence-corrected chi connectivity index (χ4v) is 5.54. The summed E-state index contributed by atoms with van der Waals surface area (Å²) in [6.45, 7) is 11.5. The quantitative estimate of drug-likeness (QED) is 0.447. The van der Waals surface area contributed by atoms with Gasteiger partial charge in [0.15, 0.2) is 5.79 Å². The predicted octanol–water partition coefficient (Wildman–Crippen LogP) is 5.17. The molecule has 7 heteroatoms. The van der Waals surface area contributed by atoms with Gasteiger partial charge in [0, 0.05) is 24.2 Å². The third kappa shape index (κ3) is 4.57. The molecule has 1 saturated heterocycles. The Labute approximate surface area is 194 Å². The number of carbonyl (C=O) groups excluding carboxylic acids is 2. The lowest BCUT2D eigenvalue weighted by molar-refractivity contribution is -0.151. The summed E-state index contributed by atoms with van der Waals surface area (Å²) in [7, 11) is 0. The average Bonchev–Trinajstić information content (AvgIpc) is 3.08. The Balaban J connectivity index is 1.64. The number of esters is 1. The maximum absolute atomic E-state index is 12.9. The van der Waals surface area contributed by atoms with E-state index in [1.54, 1.807) is 12.1 Å². The Bertz CT molecular complexity index is 951. The standard InChI is InChI=1S/C26H32O7/c1-6-14-29-24(28)30-18-12-13-26(5)20(31-23(27)17-10-8-7-9-11-17)15-19-22(21(26)16(18)2)33-25(3,4)32-19/h6-11,19-22H,1,12-15H2,2-5H3/t19-,20+,21-,22+,26-/m0/s1. The molecule has 1 heterocycles. The van der Waals surface area contributed by atoms with Crippen LogP contribution in [-0.2, 0) is 23.7 Å². The van der Waals surface area contributed by atoms with Crippen LogP contribution in [0, 0.1) is 11.3 Å². The van der Waals surface area contributed by atoms with Gasteiger partial charge in [0.1, 0.15) is 18.5 Å². The number of fused-ring (bicyclic) bond motifs is 3. The van der Waals surface area contributed by atoms with Crippen LogP contribution in [0.3, 0.4) is 0 Å². The van der Waals surface area contributed by atoms with Gasteiger partial charge in [-0.05, 0) is 44.9 Å². The highest BCUT2D eigenvalue weighted by Crippen LogP contribution is 2.57. The maximum Gasteiger partial charge on any atom is 0.513 e. The first-order valence-electron chi connectivity index (χ1n) is 11.4. The molecule has 4 rings (SSSR count). The largest absolute Gasteiger partial charge is 0.513 e. The molecule has 0 bridgehead atoms. The Hall–Kier alpha value is -2.64. The monoisotopic (exact) mass is 456 g/mol. The molecule has 1 saturated carbocycles. The van der Waals surface area contributed by atoms with E-state index in [0.717, 1.165) is 5.57 Å². The normalized spacial score (nSPS) is 32.4. The van der Waals surface area contributed by atoms with Crippen molar-refractivity contribution in [3.63, 3.8) is 0 Å². The van der Waals surface area contributed by atoms with Crippen molar-refractivity contribution in [3.05, 3.63) is 59.9 Å². The lowest BCUT2D eigenvalue weighted by Crippen LogP contribution is -2.57. The summed E-state index contributed by atoms with van der Waals surface area (Å²) in [4.78, 5) is 25.0. The van der Waals surface area contributed by atoms with Crippen LogP contribution in [0.5, 0.6) is 0 Å². The van der Waals surface area contributed by atoms with Gasteiger partial charge in [-0.3, -0.25) is 0 Å². The van der Waals surface area contributed by atoms with Crippen molar-refractivity contribution in [2.24, 2.45) is 11.3 Å². The van der Waals surface area contributed by atoms with Crippen LogP contribution in [-0.4, -0.2) is 42.8 Å². The minimum atomic E-state index is -0.754. The van der Waals surface area contributed by atoms with Crippen molar-refractivity contribution in [1.82, 2.24) is 0 Å². The van der Waals surface area contributed by atoms with Crippen LogP contribution in [0.2, 0.25) is 0 Å². The van der Waals surface area contributed by atoms with Gasteiger partial charge in [0.05, 0.1) is 17.8 Å². The van der Waals surface area contributed by atoms with Crippen LogP contribution in [0.1, 0.15) is 57.3 Å². The van der Waals surface area contributed by atoms with Crippen molar-refractivity contribution < 1.29 is 33.3 Å². The van der Waals surface area contributed by atoms with Crippen LogP contribution in [0.25, 0.3) is 0 Å². The zero-order valence-electron chi connectivity index (χ0n) is 19.7. The van der Waals surface area contributed by atoms with Crippen molar-refractivity contribution >= 4 is 12.1 Å². The van der Waals surface area contributed by atoms with E-state index in [1.165, 1.54) is 6.08 Å². The van der Waals surface area contributed by atoms with E-state index in [-0.39, 0.29) is 36.8 Å². The lowest BCUT2D eigenvalue weighted by atomic mass is 9.56. The number of benzene rings is 1. The fourth-order valence-electron chi connectivity index (χ4n) is 5.54. The smallest absolute Gasteiger partial charge is 0.458 e. The highest BCUT2D eigenvalue weighted by atomic mass is 16.8. The maximum atomic E-state index is 12.9. The molecule has 7 nitrogen and oxygen atoms in total. The first kappa shape index (κ1) is 23.5. The number of ether oxygens (including phenoxy) is 5. The molecule has 33 heavy (non-hydrogen) atoms. The molecule has 1 aromatic carbocycles. The topological polar surface area (TPSA) is 80.3 Å². The molecule has 0 amide bonds. The van der Waals surface area contributed by atoms with Crippen LogP contribution >= 0.6 is 0 Å². The third-order valence-electron chi connectivity index (χ3n) is 7.02. The van der Waals surface area contributed by atoms with Gasteiger partial charge in [-0.1, -0.05) is 37.8 Å². The number of rotatable bonds is 5. The highest BCUT2D eigenvalue weighted by molar-refractivity contribution is 5.89. The van der Waals surface area contributed by atoms with Gasteiger partial charge in [-0.2, -0.15) is 0 Å². The average molecular weight is 457 g/mol. The molecule has 0 radical (unpaired) electrons. The molecule has 1 aromatic rings. The van der Waals surface area contributed by atoms with Crippen molar-refractivity contribution in [3.8, 4) is 0 Å². The van der Waals surface area contributed by atoms with Crippen molar-refractivity contribution in [2.45, 2.75) is 71.1 Å². The number of hydrogen-bond acceptors (Lipinski definition) is 7. The summed E-state index contributed by atoms with van der Waals surface area (Å²) in [6, 6.07) is 8.99. The second-order valence-corrected chi connectivity index (χ2v) is 9.68. The van der Waals surface area contributed by atoms with Crippen LogP contribution in [0.4, 0.5) is 4.79 Å². The molecule has 1 aliphatic heterocycles. The van der Waals surface area contributed by atoms with Crippen molar-refractivity contribution in [1.29, 1.82) is 0 Å². The molecule has 0 spiro atoms. The summed E-state index contributed by atoms with van der Waals surface area (Å²) in [6.07, 6.45) is 1.62. The zero-order valence-corrected chi connectivity index (χ0v) is 19.7. The Morgan fingerprint density at radius 3 is 2.61 bits per heavy atom. The summed E-state index contributed by atoms with van der Waals surface area (Å²) >= 11 is 0. The number of hydrogen-bond donors (Lipinski definition) is 0. The summed E-state index contributed by atoms with van der Waals surface area (Å²) in [5, 5.41) is 0. The molecule has 178 valence electrons. The van der Waals surface area contributed by atoms with Crippen molar-refractivity contribution in [2.75, 3.05) is 6.61 Å². The lowest BCUT2D eigenvalue weighted by Gasteiger charge is -2.53. The van der Waals surface area contributed by atoms with Gasteiger partial charge in [0.25, 0.3) is 0 Å². The summed E-state index contributed by atoms with van der Waals surface area (Å²) < 4.78 is 29.2. The van der Waals surface area contributed by atoms with E-state index in [4.69, 9.17) is 23.7 Å². The molecule has 5 atom stereocenters. The molecule has 0 N–H and O–H groups in total. The van der Waals surface area contributed by atoms with Gasteiger partial charge in [-0.15, -0.1) is 0 Å². The molecule has 2 fully saturated rings. The zero-order chi connectivity index (χ0) is 23.8. The number of allylic oxidation sites excluding steroid dienone is 1. The fraction of sp³-hybridized carbons (Fsp3) is 0.538. The molecule has 2 aliphatic carbocycles. The molecular weight excluding hydrogens is 424 g/mol. The predicted molar refractivity (Wildman–Crippen MR) is 120 cm³/mol. The minimum Gasteiger partial charge on any atom is -0.458 e. The molecular formula is C26H32O7. The van der Waals surface area contributed by atoms with Gasteiger partial charge < -0.3 is 23.7 Å². The van der Waals surface area contributed by atoms with E-state index < -0.39 is 17.4 Å². The van der Waals surface area contributed by atoms with Gasteiger partial charge in [0.2, 0.25) is 0 Å². The second-order valence-electron chi connectivity index (χ2n) is 9.68. The van der Waals surface area contributed by atoms with E-state index in [0.29, 0.717) is 30.6 Å². The van der Waals surface area contributed by atoms with E-state index >= 15 is 0 Å². The van der Waals surface area contributed by atoms with Gasteiger partial charge in [-0.25, -0.2) is 9.59 Å². The summed E-state index contributed by atoms with van der Waals surface area (Å²) in [5.74, 6) is -0.680. The van der Waals surface area contributed by atoms with Crippen LogP contribution < -0.4 is 0 Å². The molecule has 3 aliphatic rings. The first-order valence-corrected chi connectivity index (χ1v) is 11.4. The Kier molecular flexibility index (Phi) is 6.38. The first-order chi connectivity index (χ1) is 15.6. The Morgan fingerprint density at radius 1 is 1.18 bits per heavy atom. The Morgan fingerprint density at radius 2 is 1.91 bits per heavy atom. The molecule has 0 aromatic heterocycles. The number of carbonyl (C=O) groups is 2. The SMILES string of the molecule is C=CCOC(=O)OC1=C(C)[C@H]2[C@@H]3OC(C)(C)O[C@H]3C[C@@H](OC(=O)c3ccccc3)[C@]2(C)CC1. The van der Waals surface area contributed by atoms with E-state index in [1.807, 2.05) is 39.0 Å². The van der Waals surface area contributed by atoms with Crippen LogP contribution in [0.15, 0.2) is 54.3 Å². The van der Waals surface area contributed by atoms with E-state index in [9.17, 15) is 9.59 Å².